The highest BCUT2D eigenvalue weighted by Gasteiger charge is 2.29. The van der Waals surface area contributed by atoms with Crippen LogP contribution in [0.3, 0.4) is 0 Å². The first-order valence-corrected chi connectivity index (χ1v) is 8.81. The minimum Gasteiger partial charge on any atom is -0.396 e. The highest BCUT2D eigenvalue weighted by Crippen LogP contribution is 2.11. The third-order valence-electron chi connectivity index (χ3n) is 2.02. The molecule has 0 fully saturated rings. The van der Waals surface area contributed by atoms with Gasteiger partial charge in [-0.3, -0.25) is 9.11 Å². The molecule has 0 saturated heterocycles. The van der Waals surface area contributed by atoms with Crippen molar-refractivity contribution in [2.45, 2.75) is 24.9 Å². The van der Waals surface area contributed by atoms with E-state index >= 15 is 0 Å². The fraction of sp³-hybridized carbons (Fsp3) is 0.625. The van der Waals surface area contributed by atoms with Crippen LogP contribution < -0.4 is 0 Å². The predicted molar refractivity (Wildman–Crippen MR) is 70.2 cm³/mol. The lowest BCUT2D eigenvalue weighted by Crippen LogP contribution is -2.25. The highest BCUT2D eigenvalue weighted by atomic mass is 32.3. The second-order valence-corrected chi connectivity index (χ2v) is 8.14. The summed E-state index contributed by atoms with van der Waals surface area (Å²) in [5, 5.41) is 8.54. The average molecular weight is 333 g/mol. The fourth-order valence-electron chi connectivity index (χ4n) is 0.821. The van der Waals surface area contributed by atoms with Crippen molar-refractivity contribution in [1.82, 2.24) is 4.98 Å². The molecule has 112 valence electrons. The summed E-state index contributed by atoms with van der Waals surface area (Å²) in [6.07, 6.45) is 0.747. The van der Waals surface area contributed by atoms with Crippen molar-refractivity contribution in [2.24, 2.45) is 0 Å². The number of thiazole rings is 1. The molecule has 0 aromatic carbocycles. The van der Waals surface area contributed by atoms with Gasteiger partial charge in [-0.25, -0.2) is 4.98 Å². The smallest absolute Gasteiger partial charge is 0.284 e. The Balaban J connectivity index is 0.000000342. The maximum Gasteiger partial charge on any atom is 0.284 e. The van der Waals surface area contributed by atoms with Gasteiger partial charge in [-0.05, 0) is 13.8 Å². The molecule has 0 amide bonds. The van der Waals surface area contributed by atoms with E-state index in [2.05, 4.69) is 4.98 Å². The Labute approximate surface area is 115 Å². The van der Waals surface area contributed by atoms with Crippen LogP contribution in [0.4, 0.5) is 0 Å². The van der Waals surface area contributed by atoms with Gasteiger partial charge >= 0.3 is 0 Å². The van der Waals surface area contributed by atoms with Crippen LogP contribution >= 0.6 is 11.3 Å². The van der Waals surface area contributed by atoms with Crippen LogP contribution in [0.2, 0.25) is 0 Å². The summed E-state index contributed by atoms with van der Waals surface area (Å²) in [6, 6.07) is 0. The van der Waals surface area contributed by atoms with E-state index in [0.29, 0.717) is 6.92 Å². The third kappa shape index (κ3) is 6.94. The monoisotopic (exact) mass is 333 g/mol. The van der Waals surface area contributed by atoms with Gasteiger partial charge in [-0.1, -0.05) is 0 Å². The third-order valence-corrected chi connectivity index (χ3v) is 6.15. The van der Waals surface area contributed by atoms with E-state index in [-0.39, 0.29) is 6.61 Å². The van der Waals surface area contributed by atoms with E-state index in [0.717, 1.165) is 12.1 Å². The van der Waals surface area contributed by atoms with E-state index in [9.17, 15) is 16.8 Å². The lowest BCUT2D eigenvalue weighted by atomic mass is 10.3. The van der Waals surface area contributed by atoms with Crippen molar-refractivity contribution < 1.29 is 31.0 Å². The Kier molecular flexibility index (Phi) is 7.04. The fourth-order valence-corrected chi connectivity index (χ4v) is 2.82. The minimum absolute atomic E-state index is 0.225. The van der Waals surface area contributed by atoms with E-state index in [1.165, 1.54) is 4.88 Å². The number of aryl methyl sites for hydroxylation is 1. The van der Waals surface area contributed by atoms with Crippen LogP contribution in [0.5, 0.6) is 0 Å². The zero-order valence-corrected chi connectivity index (χ0v) is 12.7. The average Bonchev–Trinajstić information content (AvgIpc) is 2.62. The van der Waals surface area contributed by atoms with E-state index < -0.39 is 24.8 Å². The summed E-state index contributed by atoms with van der Waals surface area (Å²) >= 11 is 1.60. The summed E-state index contributed by atoms with van der Waals surface area (Å²) in [6.45, 7) is 2.84. The van der Waals surface area contributed by atoms with Gasteiger partial charge in [0, 0.05) is 17.9 Å². The molecule has 3 N–H and O–H groups in total. The summed E-state index contributed by atoms with van der Waals surface area (Å²) in [5.74, 6) is 0. The molecule has 1 aromatic rings. The molecule has 0 atom stereocenters. The second kappa shape index (κ2) is 7.26. The molecule has 0 unspecified atom stereocenters. The topological polar surface area (TPSA) is 142 Å². The predicted octanol–water partition coefficient (Wildman–Crippen LogP) is 0.0943. The Hall–Kier alpha value is -0.590. The normalized spacial score (nSPS) is 12.1. The Morgan fingerprint density at radius 2 is 1.74 bits per heavy atom. The van der Waals surface area contributed by atoms with Crippen molar-refractivity contribution in [3.8, 4) is 0 Å². The molecule has 0 radical (unpaired) electrons. The lowest BCUT2D eigenvalue weighted by molar-refractivity contribution is 0.300. The van der Waals surface area contributed by atoms with Crippen LogP contribution in [0.25, 0.3) is 0 Å². The highest BCUT2D eigenvalue weighted by molar-refractivity contribution is 8.03. The molecular weight excluding hydrogens is 318 g/mol. The molecule has 0 aliphatic heterocycles. The summed E-state index contributed by atoms with van der Waals surface area (Å²) in [7, 11) is -9.40. The summed E-state index contributed by atoms with van der Waals surface area (Å²) in [5.41, 5.74) is 2.86. The first-order chi connectivity index (χ1) is 8.50. The summed E-state index contributed by atoms with van der Waals surface area (Å²) < 4.78 is 53.9. The minimum atomic E-state index is -4.70. The van der Waals surface area contributed by atoms with Crippen LogP contribution in [0.1, 0.15) is 17.5 Å². The number of rotatable bonds is 4. The SMILES string of the molecule is CC(S(=O)(=O)O)S(=O)(=O)O.Cc1ncsc1CCO. The maximum absolute atomic E-state index is 9.99. The molecule has 0 aliphatic carbocycles. The molecule has 1 heterocycles. The van der Waals surface area contributed by atoms with Crippen LogP contribution in [0.15, 0.2) is 5.51 Å². The van der Waals surface area contributed by atoms with Gasteiger partial charge in [0.25, 0.3) is 20.2 Å². The van der Waals surface area contributed by atoms with Gasteiger partial charge in [-0.2, -0.15) is 16.8 Å². The van der Waals surface area contributed by atoms with Gasteiger partial charge in [-0.15, -0.1) is 11.3 Å². The first-order valence-electron chi connectivity index (χ1n) is 4.92. The van der Waals surface area contributed by atoms with E-state index in [1.54, 1.807) is 16.8 Å². The zero-order valence-electron chi connectivity index (χ0n) is 10.2. The molecule has 0 saturated carbocycles. The standard InChI is InChI=1S/C6H9NOS.C2H6O6S2/c1-5-6(2-3-8)9-4-7-5;1-2(9(3,4)5)10(6,7)8/h4,8H,2-3H2,1H3;2H,1H3,(H,3,4,5)(H,6,7,8). The molecule has 19 heavy (non-hydrogen) atoms. The van der Waals surface area contributed by atoms with E-state index in [1.807, 2.05) is 6.92 Å². The van der Waals surface area contributed by atoms with Gasteiger partial charge in [0.2, 0.25) is 4.58 Å². The van der Waals surface area contributed by atoms with Gasteiger partial charge in [0.1, 0.15) is 0 Å². The van der Waals surface area contributed by atoms with Crippen molar-refractivity contribution >= 4 is 31.6 Å². The van der Waals surface area contributed by atoms with Crippen LogP contribution in [-0.2, 0) is 26.7 Å². The van der Waals surface area contributed by atoms with Gasteiger partial charge in [0.15, 0.2) is 0 Å². The molecule has 0 spiro atoms. The number of hydrogen-bond acceptors (Lipinski definition) is 7. The zero-order chi connectivity index (χ0) is 15.3. The van der Waals surface area contributed by atoms with E-state index in [4.69, 9.17) is 14.2 Å². The number of nitrogens with zero attached hydrogens (tertiary/aromatic N) is 1. The maximum atomic E-state index is 9.99. The number of hydrogen-bond donors (Lipinski definition) is 3. The molecule has 0 aliphatic rings. The number of aromatic nitrogens is 1. The number of aliphatic hydroxyl groups excluding tert-OH is 1. The van der Waals surface area contributed by atoms with Crippen molar-refractivity contribution in [3.63, 3.8) is 0 Å². The Bertz CT molecular complexity index is 558. The Morgan fingerprint density at radius 3 is 1.95 bits per heavy atom. The van der Waals surface area contributed by atoms with Gasteiger partial charge in [0.05, 0.1) is 11.2 Å². The van der Waals surface area contributed by atoms with Crippen molar-refractivity contribution in [1.29, 1.82) is 0 Å². The molecule has 1 aromatic heterocycles. The second-order valence-electron chi connectivity index (χ2n) is 3.43. The molecule has 0 bridgehead atoms. The molecule has 11 heteroatoms. The lowest BCUT2D eigenvalue weighted by Gasteiger charge is -2.01. The van der Waals surface area contributed by atoms with Crippen LogP contribution in [0, 0.1) is 6.92 Å². The largest absolute Gasteiger partial charge is 0.396 e. The van der Waals surface area contributed by atoms with Crippen LogP contribution in [-0.4, -0.2) is 47.2 Å². The van der Waals surface area contributed by atoms with Gasteiger partial charge < -0.3 is 5.11 Å². The molecule has 8 nitrogen and oxygen atoms in total. The number of aliphatic hydroxyl groups is 1. The van der Waals surface area contributed by atoms with Crippen molar-refractivity contribution in [2.75, 3.05) is 6.61 Å². The molecular formula is C8H15NO7S3. The van der Waals surface area contributed by atoms with Crippen molar-refractivity contribution in [3.05, 3.63) is 16.1 Å². The first kappa shape index (κ1) is 18.4. The summed E-state index contributed by atoms with van der Waals surface area (Å²) in [4.78, 5) is 5.23. The Morgan fingerprint density at radius 1 is 1.26 bits per heavy atom. The molecule has 1 rings (SSSR count). The quantitative estimate of drug-likeness (QED) is 0.658.